The van der Waals surface area contributed by atoms with Crippen LogP contribution in [0.15, 0.2) is 88.8 Å². The van der Waals surface area contributed by atoms with E-state index in [4.69, 9.17) is 0 Å². The van der Waals surface area contributed by atoms with Gasteiger partial charge in [0.25, 0.3) is 5.56 Å². The van der Waals surface area contributed by atoms with Gasteiger partial charge in [-0.3, -0.25) is 4.79 Å². The number of halogens is 1. The Labute approximate surface area is 148 Å². The monoisotopic (exact) mass is 343 g/mol. The van der Waals surface area contributed by atoms with E-state index < -0.39 is 0 Å². The van der Waals surface area contributed by atoms with Crippen molar-refractivity contribution in [3.63, 3.8) is 0 Å². The predicted octanol–water partition coefficient (Wildman–Crippen LogP) is 4.08. The van der Waals surface area contributed by atoms with Gasteiger partial charge in [-0.25, -0.2) is 9.37 Å². The van der Waals surface area contributed by atoms with Gasteiger partial charge < -0.3 is 0 Å². The molecule has 5 heteroatoms. The molecule has 4 rings (SSSR count). The highest BCUT2D eigenvalue weighted by molar-refractivity contribution is 5.81. The average Bonchev–Trinajstić information content (AvgIpc) is 2.68. The van der Waals surface area contributed by atoms with Crippen molar-refractivity contribution >= 4 is 17.1 Å². The number of hydrogen-bond acceptors (Lipinski definition) is 3. The zero-order valence-corrected chi connectivity index (χ0v) is 13.7. The number of nitrogens with zero attached hydrogens (tertiary/aromatic N) is 3. The van der Waals surface area contributed by atoms with E-state index in [1.165, 1.54) is 23.0 Å². The molecule has 3 aromatic carbocycles. The van der Waals surface area contributed by atoms with Crippen LogP contribution in [0.25, 0.3) is 22.3 Å². The van der Waals surface area contributed by atoms with Crippen LogP contribution in [-0.2, 0) is 0 Å². The van der Waals surface area contributed by atoms with Crippen LogP contribution in [0.3, 0.4) is 0 Å². The zero-order valence-electron chi connectivity index (χ0n) is 13.7. The Kier molecular flexibility index (Phi) is 4.11. The number of benzene rings is 3. The molecule has 1 heterocycles. The van der Waals surface area contributed by atoms with Crippen LogP contribution in [-0.4, -0.2) is 15.9 Å². The maximum absolute atomic E-state index is 13.4. The topological polar surface area (TPSA) is 47.2 Å². The van der Waals surface area contributed by atoms with Gasteiger partial charge in [0.2, 0.25) is 0 Å². The summed E-state index contributed by atoms with van der Waals surface area (Å²) in [7, 11) is 0. The fourth-order valence-corrected chi connectivity index (χ4v) is 2.72. The molecule has 0 N–H and O–H groups in total. The van der Waals surface area contributed by atoms with Crippen LogP contribution in [0.1, 0.15) is 5.56 Å². The first-order chi connectivity index (χ1) is 12.7. The molecule has 26 heavy (non-hydrogen) atoms. The summed E-state index contributed by atoms with van der Waals surface area (Å²) in [6.07, 6.45) is 1.45. The lowest BCUT2D eigenvalue weighted by Crippen LogP contribution is -2.20. The summed E-state index contributed by atoms with van der Waals surface area (Å²) in [5.41, 5.74) is 1.66. The minimum Gasteiger partial charge on any atom is -0.267 e. The summed E-state index contributed by atoms with van der Waals surface area (Å²) < 4.78 is 14.6. The van der Waals surface area contributed by atoms with Crippen LogP contribution < -0.4 is 5.56 Å². The summed E-state index contributed by atoms with van der Waals surface area (Å²) in [5.74, 6) is 0.0724. The van der Waals surface area contributed by atoms with Crippen LogP contribution in [0.2, 0.25) is 0 Å². The molecule has 0 fully saturated rings. The van der Waals surface area contributed by atoms with Gasteiger partial charge in [0.15, 0.2) is 5.82 Å². The highest BCUT2D eigenvalue weighted by Gasteiger charge is 2.11. The maximum atomic E-state index is 13.4. The van der Waals surface area contributed by atoms with Crippen LogP contribution in [0.4, 0.5) is 4.39 Å². The number of rotatable bonds is 3. The minimum absolute atomic E-state index is 0.276. The van der Waals surface area contributed by atoms with Gasteiger partial charge in [0.1, 0.15) is 5.82 Å². The van der Waals surface area contributed by atoms with E-state index in [0.29, 0.717) is 22.3 Å². The van der Waals surface area contributed by atoms with Gasteiger partial charge in [-0.15, -0.1) is 0 Å². The molecular formula is C21H14FN3O. The van der Waals surface area contributed by atoms with Gasteiger partial charge in [0.05, 0.1) is 17.1 Å². The molecule has 0 amide bonds. The fourth-order valence-electron chi connectivity index (χ4n) is 2.72. The Balaban J connectivity index is 1.94. The van der Waals surface area contributed by atoms with Crippen molar-refractivity contribution in [2.75, 3.05) is 0 Å². The highest BCUT2D eigenvalue weighted by Crippen LogP contribution is 2.18. The second kappa shape index (κ2) is 6.72. The van der Waals surface area contributed by atoms with Gasteiger partial charge in [0, 0.05) is 5.56 Å². The van der Waals surface area contributed by atoms with Crippen molar-refractivity contribution in [1.82, 2.24) is 9.66 Å². The first kappa shape index (κ1) is 15.9. The van der Waals surface area contributed by atoms with Crippen molar-refractivity contribution < 1.29 is 4.39 Å². The van der Waals surface area contributed by atoms with Gasteiger partial charge in [-0.2, -0.15) is 9.78 Å². The molecular weight excluding hydrogens is 329 g/mol. The Morgan fingerprint density at radius 2 is 1.69 bits per heavy atom. The van der Waals surface area contributed by atoms with Crippen molar-refractivity contribution in [3.05, 3.63) is 101 Å². The van der Waals surface area contributed by atoms with Crippen molar-refractivity contribution in [3.8, 4) is 11.4 Å². The van der Waals surface area contributed by atoms with Gasteiger partial charge >= 0.3 is 0 Å². The Bertz CT molecular complexity index is 1170. The Morgan fingerprint density at radius 1 is 0.923 bits per heavy atom. The lowest BCUT2D eigenvalue weighted by Gasteiger charge is -2.09. The second-order valence-corrected chi connectivity index (χ2v) is 5.74. The number of aromatic nitrogens is 2. The predicted molar refractivity (Wildman–Crippen MR) is 101 cm³/mol. The highest BCUT2D eigenvalue weighted by atomic mass is 19.1. The quantitative estimate of drug-likeness (QED) is 0.526. The molecule has 0 aliphatic carbocycles. The second-order valence-electron chi connectivity index (χ2n) is 5.74. The molecule has 0 bridgehead atoms. The normalized spacial score (nSPS) is 11.3. The van der Waals surface area contributed by atoms with E-state index in [2.05, 4.69) is 10.1 Å². The number of hydrogen-bond donors (Lipinski definition) is 0. The van der Waals surface area contributed by atoms with E-state index in [9.17, 15) is 9.18 Å². The standard InChI is InChI=1S/C21H14FN3O/c22-17-10-6-7-15(13-17)14-23-25-20(16-8-2-1-3-9-16)24-19-12-5-4-11-18(19)21(25)26/h1-14H. The van der Waals surface area contributed by atoms with E-state index >= 15 is 0 Å². The maximum Gasteiger partial charge on any atom is 0.282 e. The third kappa shape index (κ3) is 3.02. The molecule has 0 aliphatic rings. The molecule has 0 aliphatic heterocycles. The van der Waals surface area contributed by atoms with Crippen LogP contribution >= 0.6 is 0 Å². The molecule has 0 atom stereocenters. The third-order valence-corrected chi connectivity index (χ3v) is 3.96. The minimum atomic E-state index is -0.360. The molecule has 0 saturated heterocycles. The van der Waals surface area contributed by atoms with Gasteiger partial charge in [-0.1, -0.05) is 54.6 Å². The summed E-state index contributed by atoms with van der Waals surface area (Å²) in [6, 6.07) is 22.5. The van der Waals surface area contributed by atoms with E-state index in [1.807, 2.05) is 36.4 Å². The van der Waals surface area contributed by atoms with Gasteiger partial charge in [-0.05, 0) is 29.8 Å². The molecule has 4 aromatic rings. The lowest BCUT2D eigenvalue weighted by atomic mass is 10.2. The van der Waals surface area contributed by atoms with Crippen LogP contribution in [0, 0.1) is 5.82 Å². The number of para-hydroxylation sites is 1. The number of fused-ring (bicyclic) bond motifs is 1. The summed E-state index contributed by atoms with van der Waals surface area (Å²) in [5, 5.41) is 4.77. The van der Waals surface area contributed by atoms with E-state index in [-0.39, 0.29) is 11.4 Å². The summed E-state index contributed by atoms with van der Waals surface area (Å²) in [6.45, 7) is 0. The molecule has 4 nitrogen and oxygen atoms in total. The van der Waals surface area contributed by atoms with Crippen molar-refractivity contribution in [1.29, 1.82) is 0 Å². The third-order valence-electron chi connectivity index (χ3n) is 3.96. The van der Waals surface area contributed by atoms with Crippen molar-refractivity contribution in [2.45, 2.75) is 0 Å². The van der Waals surface area contributed by atoms with E-state index in [1.54, 1.807) is 30.3 Å². The average molecular weight is 343 g/mol. The fraction of sp³-hybridized carbons (Fsp3) is 0. The summed E-state index contributed by atoms with van der Waals surface area (Å²) >= 11 is 0. The molecule has 0 spiro atoms. The van der Waals surface area contributed by atoms with E-state index in [0.717, 1.165) is 5.56 Å². The summed E-state index contributed by atoms with van der Waals surface area (Å²) in [4.78, 5) is 17.6. The zero-order chi connectivity index (χ0) is 17.9. The molecule has 126 valence electrons. The molecule has 0 radical (unpaired) electrons. The Morgan fingerprint density at radius 3 is 2.50 bits per heavy atom. The first-order valence-corrected chi connectivity index (χ1v) is 8.09. The lowest BCUT2D eigenvalue weighted by molar-refractivity contribution is 0.627. The largest absolute Gasteiger partial charge is 0.282 e. The smallest absolute Gasteiger partial charge is 0.267 e. The Hall–Kier alpha value is -3.60. The van der Waals surface area contributed by atoms with Crippen molar-refractivity contribution in [2.24, 2.45) is 5.10 Å². The van der Waals surface area contributed by atoms with Crippen LogP contribution in [0.5, 0.6) is 0 Å². The first-order valence-electron chi connectivity index (χ1n) is 8.09. The molecule has 0 saturated carbocycles. The molecule has 0 unspecified atom stereocenters. The molecule has 1 aromatic heterocycles. The SMILES string of the molecule is O=c1c2ccccc2nc(-c2ccccc2)n1N=Cc1cccc(F)c1.